The first-order valence-corrected chi connectivity index (χ1v) is 12.0. The number of rotatable bonds is 5. The second kappa shape index (κ2) is 7.92. The van der Waals surface area contributed by atoms with Gasteiger partial charge in [-0.1, -0.05) is 30.2 Å². The highest BCUT2D eigenvalue weighted by Gasteiger charge is 2.79. The molecule has 1 aliphatic heterocycles. The van der Waals surface area contributed by atoms with E-state index in [0.717, 1.165) is 12.0 Å². The topological polar surface area (TPSA) is 91.8 Å². The molecule has 3 aliphatic rings. The number of hydrogen-bond acceptors (Lipinski definition) is 6. The molecule has 1 aromatic heterocycles. The van der Waals surface area contributed by atoms with Crippen LogP contribution in [0, 0.1) is 46.6 Å². The number of nitrogens with zero attached hydrogens (tertiary/aromatic N) is 1. The lowest BCUT2D eigenvalue weighted by molar-refractivity contribution is -0.384. The van der Waals surface area contributed by atoms with Gasteiger partial charge in [0.15, 0.2) is 5.43 Å². The minimum atomic E-state index is -0.381. The molecule has 2 fully saturated rings. The van der Waals surface area contributed by atoms with Crippen LogP contribution in [-0.2, 0) is 4.74 Å². The van der Waals surface area contributed by atoms with E-state index in [4.69, 9.17) is 13.9 Å². The summed E-state index contributed by atoms with van der Waals surface area (Å²) in [5.74, 6) is 1.49. The Bertz CT molecular complexity index is 1340. The standard InChI is InChI=1S/C28H31NO6/c1-15(11-19-7-9-20(10-8-19)29(31)32)22-16(2)12-27(5)25(22)28(27)13-21(34-14-28)24-17(3)23(30)18(4)26(33-6)35-24/h7-12,21-22,25H,13-14H2,1-6H3/b15-11+/t21-,22+,25-,27+,28+/m1/s1. The van der Waals surface area contributed by atoms with Gasteiger partial charge in [0, 0.05) is 29.0 Å². The van der Waals surface area contributed by atoms with Crippen molar-refractivity contribution in [3.05, 3.63) is 84.3 Å². The first-order valence-electron chi connectivity index (χ1n) is 12.0. The molecule has 2 aliphatic carbocycles. The molecule has 0 N–H and O–H groups in total. The molecular formula is C28H31NO6. The largest absolute Gasteiger partial charge is 0.468 e. The van der Waals surface area contributed by atoms with Gasteiger partial charge < -0.3 is 13.9 Å². The zero-order valence-corrected chi connectivity index (χ0v) is 21.0. The van der Waals surface area contributed by atoms with Gasteiger partial charge in [-0.25, -0.2) is 0 Å². The van der Waals surface area contributed by atoms with Crippen molar-refractivity contribution in [2.24, 2.45) is 22.7 Å². The van der Waals surface area contributed by atoms with E-state index in [0.29, 0.717) is 29.4 Å². The molecule has 2 aromatic rings. The third-order valence-corrected chi connectivity index (χ3v) is 8.70. The molecule has 35 heavy (non-hydrogen) atoms. The van der Waals surface area contributed by atoms with E-state index >= 15 is 0 Å². The first kappa shape index (κ1) is 23.5. The predicted octanol–water partition coefficient (Wildman–Crippen LogP) is 5.94. The van der Waals surface area contributed by atoms with Crippen molar-refractivity contribution in [3.8, 4) is 5.95 Å². The maximum absolute atomic E-state index is 12.7. The van der Waals surface area contributed by atoms with Gasteiger partial charge in [-0.05, 0) is 63.1 Å². The highest BCUT2D eigenvalue weighted by Crippen LogP contribution is 2.82. The van der Waals surface area contributed by atoms with E-state index in [2.05, 4.69) is 32.9 Å². The van der Waals surface area contributed by atoms with Crippen LogP contribution >= 0.6 is 0 Å². The predicted molar refractivity (Wildman–Crippen MR) is 132 cm³/mol. The molecule has 2 heterocycles. The van der Waals surface area contributed by atoms with Crippen molar-refractivity contribution in [1.29, 1.82) is 0 Å². The molecule has 1 spiro atoms. The van der Waals surface area contributed by atoms with Crippen LogP contribution in [0.1, 0.15) is 55.7 Å². The Hall–Kier alpha value is -3.19. The number of allylic oxidation sites excluding steroid dienone is 3. The Morgan fingerprint density at radius 1 is 1.20 bits per heavy atom. The van der Waals surface area contributed by atoms with Gasteiger partial charge in [-0.15, -0.1) is 0 Å². The van der Waals surface area contributed by atoms with Gasteiger partial charge in [-0.3, -0.25) is 14.9 Å². The number of non-ortho nitro benzene ring substituents is 1. The van der Waals surface area contributed by atoms with E-state index < -0.39 is 0 Å². The third kappa shape index (κ3) is 3.32. The quantitative estimate of drug-likeness (QED) is 0.301. The fraction of sp³-hybridized carbons (Fsp3) is 0.464. The normalized spacial score (nSPS) is 31.4. The number of benzene rings is 1. The molecule has 0 bridgehead atoms. The van der Waals surface area contributed by atoms with Crippen LogP contribution in [0.4, 0.5) is 5.69 Å². The lowest BCUT2D eigenvalue weighted by atomic mass is 9.81. The van der Waals surface area contributed by atoms with Crippen molar-refractivity contribution in [3.63, 3.8) is 0 Å². The third-order valence-electron chi connectivity index (χ3n) is 8.70. The second-order valence-electron chi connectivity index (χ2n) is 10.6. The molecule has 7 heteroatoms. The summed E-state index contributed by atoms with van der Waals surface area (Å²) in [7, 11) is 1.51. The molecule has 1 aromatic carbocycles. The molecule has 184 valence electrons. The first-order chi connectivity index (χ1) is 16.5. The van der Waals surface area contributed by atoms with Crippen LogP contribution in [0.2, 0.25) is 0 Å². The van der Waals surface area contributed by atoms with E-state index in [1.165, 1.54) is 18.3 Å². The van der Waals surface area contributed by atoms with Gasteiger partial charge in [0.2, 0.25) is 0 Å². The van der Waals surface area contributed by atoms with Crippen molar-refractivity contribution in [2.45, 2.75) is 47.1 Å². The summed E-state index contributed by atoms with van der Waals surface area (Å²) in [5.41, 5.74) is 4.62. The molecule has 5 atom stereocenters. The molecule has 1 saturated carbocycles. The number of methoxy groups -OCH3 is 1. The number of nitro groups is 1. The Morgan fingerprint density at radius 3 is 2.51 bits per heavy atom. The maximum atomic E-state index is 12.7. The summed E-state index contributed by atoms with van der Waals surface area (Å²) >= 11 is 0. The monoisotopic (exact) mass is 477 g/mol. The van der Waals surface area contributed by atoms with Crippen LogP contribution in [0.3, 0.4) is 0 Å². The average molecular weight is 478 g/mol. The maximum Gasteiger partial charge on any atom is 0.291 e. The highest BCUT2D eigenvalue weighted by atomic mass is 16.6. The Balaban J connectivity index is 1.43. The van der Waals surface area contributed by atoms with Crippen LogP contribution in [0.15, 0.2) is 50.7 Å². The van der Waals surface area contributed by atoms with Gasteiger partial charge >= 0.3 is 0 Å². The van der Waals surface area contributed by atoms with Crippen LogP contribution < -0.4 is 10.2 Å². The van der Waals surface area contributed by atoms with E-state index in [1.54, 1.807) is 38.1 Å². The van der Waals surface area contributed by atoms with Crippen molar-refractivity contribution in [1.82, 2.24) is 0 Å². The Labute approximate surface area is 204 Å². The fourth-order valence-corrected chi connectivity index (χ4v) is 6.93. The highest BCUT2D eigenvalue weighted by molar-refractivity contribution is 5.58. The van der Waals surface area contributed by atoms with E-state index in [1.807, 2.05) is 0 Å². The molecule has 7 nitrogen and oxygen atoms in total. The van der Waals surface area contributed by atoms with Gasteiger partial charge in [0.05, 0.1) is 24.2 Å². The zero-order chi connectivity index (χ0) is 25.3. The molecule has 0 unspecified atom stereocenters. The summed E-state index contributed by atoms with van der Waals surface area (Å²) in [6, 6.07) is 6.67. The van der Waals surface area contributed by atoms with E-state index in [-0.39, 0.29) is 44.8 Å². The van der Waals surface area contributed by atoms with Crippen LogP contribution in [0.5, 0.6) is 5.95 Å². The van der Waals surface area contributed by atoms with E-state index in [9.17, 15) is 14.9 Å². The van der Waals surface area contributed by atoms with Crippen molar-refractivity contribution >= 4 is 11.8 Å². The van der Waals surface area contributed by atoms with Gasteiger partial charge in [0.1, 0.15) is 11.9 Å². The SMILES string of the molecule is COc1oc([C@H]2C[C@]3(CO2)[C@@H]2[C@@H](/C(C)=C/c4ccc([N+](=O)[O-])cc4)C(C)=C[C@@]23C)c(C)c(=O)c1C. The smallest absolute Gasteiger partial charge is 0.291 e. The average Bonchev–Trinajstić information content (AvgIpc) is 3.14. The molecular weight excluding hydrogens is 446 g/mol. The minimum Gasteiger partial charge on any atom is -0.468 e. The van der Waals surface area contributed by atoms with Gasteiger partial charge in [-0.2, -0.15) is 0 Å². The van der Waals surface area contributed by atoms with Gasteiger partial charge in [0.25, 0.3) is 11.6 Å². The summed E-state index contributed by atoms with van der Waals surface area (Å²) in [5, 5.41) is 11.0. The zero-order valence-electron chi connectivity index (χ0n) is 21.0. The number of fused-ring (bicyclic) bond motifs is 3. The molecule has 5 rings (SSSR count). The summed E-state index contributed by atoms with van der Waals surface area (Å²) in [6.07, 6.45) is 5.04. The molecule has 1 saturated heterocycles. The lowest BCUT2D eigenvalue weighted by Crippen LogP contribution is -2.17. The van der Waals surface area contributed by atoms with Crippen LogP contribution in [0.25, 0.3) is 6.08 Å². The number of ether oxygens (including phenoxy) is 2. The van der Waals surface area contributed by atoms with Crippen molar-refractivity contribution in [2.75, 3.05) is 13.7 Å². The molecule has 0 radical (unpaired) electrons. The Morgan fingerprint density at radius 2 is 1.89 bits per heavy atom. The summed E-state index contributed by atoms with van der Waals surface area (Å²) < 4.78 is 17.6. The summed E-state index contributed by atoms with van der Waals surface area (Å²) in [6.45, 7) is 10.8. The van der Waals surface area contributed by atoms with Crippen LogP contribution in [-0.4, -0.2) is 18.6 Å². The Kier molecular flexibility index (Phi) is 5.33. The molecule has 0 amide bonds. The fourth-order valence-electron chi connectivity index (χ4n) is 6.93. The number of hydrogen-bond donors (Lipinski definition) is 0. The lowest BCUT2D eigenvalue weighted by Gasteiger charge is -2.22. The van der Waals surface area contributed by atoms with Crippen molar-refractivity contribution < 1.29 is 18.8 Å². The number of nitro benzene ring substituents is 1. The minimum absolute atomic E-state index is 0.0179. The summed E-state index contributed by atoms with van der Waals surface area (Å²) in [4.78, 5) is 23.3. The second-order valence-corrected chi connectivity index (χ2v) is 10.6.